The highest BCUT2D eigenvalue weighted by Crippen LogP contribution is 2.67. The Balaban J connectivity index is 0.000000149. The molecule has 7 saturated carbocycles. The summed E-state index contributed by atoms with van der Waals surface area (Å²) in [5.41, 5.74) is 4.58. The fourth-order valence-electron chi connectivity index (χ4n) is 20.4. The minimum absolute atomic E-state index is 0.00249. The minimum atomic E-state index is -1.82. The second kappa shape index (κ2) is 36.5. The molecular formula is C88H114B3N9O19. The number of piperidine rings is 2. The molecule has 4 bridgehead atoms. The number of carboxylic acids is 1. The minimum Gasteiger partial charge on any atom is -0.480 e. The van der Waals surface area contributed by atoms with E-state index >= 15 is 0 Å². The average molecular weight is 1630 g/mol. The lowest BCUT2D eigenvalue weighted by Crippen LogP contribution is -2.65. The van der Waals surface area contributed by atoms with Crippen molar-refractivity contribution in [2.24, 2.45) is 39.9 Å². The van der Waals surface area contributed by atoms with E-state index in [0.717, 1.165) is 115 Å². The van der Waals surface area contributed by atoms with Crippen LogP contribution in [0.4, 0.5) is 14.4 Å². The maximum atomic E-state index is 13.3. The van der Waals surface area contributed by atoms with Crippen LogP contribution in [-0.4, -0.2) is 198 Å². The Labute approximate surface area is 697 Å². The van der Waals surface area contributed by atoms with Gasteiger partial charge in [0.2, 0.25) is 0 Å². The zero-order valence-corrected chi connectivity index (χ0v) is 70.1. The molecule has 3 aromatic carbocycles. The summed E-state index contributed by atoms with van der Waals surface area (Å²) >= 11 is 0. The Morgan fingerprint density at radius 1 is 0.622 bits per heavy atom. The van der Waals surface area contributed by atoms with Gasteiger partial charge in [0.15, 0.2) is 0 Å². The number of amides is 5. The maximum Gasteiger partial charge on any atom is 0.482 e. The zero-order chi connectivity index (χ0) is 84.9. The van der Waals surface area contributed by atoms with Crippen molar-refractivity contribution in [2.75, 3.05) is 45.8 Å². The van der Waals surface area contributed by atoms with Gasteiger partial charge in [-0.25, -0.2) is 21.0 Å². The molecule has 119 heavy (non-hydrogen) atoms. The van der Waals surface area contributed by atoms with E-state index in [1.807, 2.05) is 80.6 Å². The summed E-state index contributed by atoms with van der Waals surface area (Å²) in [4.78, 5) is 82.5. The second-order valence-electron chi connectivity index (χ2n) is 37.0. The molecule has 7 aliphatic carbocycles. The molecule has 0 spiro atoms. The van der Waals surface area contributed by atoms with Crippen molar-refractivity contribution < 1.29 is 90.0 Å². The first-order valence-electron chi connectivity index (χ1n) is 42.4. The van der Waals surface area contributed by atoms with Gasteiger partial charge in [-0.05, 0) is 218 Å². The van der Waals surface area contributed by atoms with Gasteiger partial charge in [0.25, 0.3) is 12.5 Å². The molecule has 5 amide bonds. The van der Waals surface area contributed by atoms with Crippen LogP contribution < -0.4 is 16.0 Å². The lowest BCUT2D eigenvalue weighted by Gasteiger charge is -2.64. The number of benzene rings is 3. The van der Waals surface area contributed by atoms with Gasteiger partial charge in [-0.3, -0.25) is 19.3 Å². The van der Waals surface area contributed by atoms with Crippen molar-refractivity contribution in [3.63, 3.8) is 0 Å². The largest absolute Gasteiger partial charge is 0.482 e. The van der Waals surface area contributed by atoms with Crippen molar-refractivity contribution >= 4 is 90.3 Å². The smallest absolute Gasteiger partial charge is 0.480 e. The van der Waals surface area contributed by atoms with Crippen LogP contribution in [0.3, 0.4) is 0 Å². The number of nitriles is 2. The van der Waals surface area contributed by atoms with Gasteiger partial charge in [0, 0.05) is 41.3 Å². The van der Waals surface area contributed by atoms with E-state index in [4.69, 9.17) is 63.0 Å². The SMILES string of the molecule is CC1(C)CCN(C(C)(C)C=C(C#N)C(=O)N2CCC[C@H](OC(=O)N[C@@H](Cc3coc4ccccc34)B(O)O)C2)C1.CC1(C)[C@@H]2C[C@H]3OB([C@H](Cc4coc5ccccc45)NC(=O)OC4CCCCC4)O[C@@]3(C)[C@H]1C2.N#CCC(=O)O.[C-]#[N+]CC(=O)N1CCC[C@H](OC(=O)N[C@@H](Cc2coc3ccccc23)B2O[C@@H]3C[C@@H]4C[C@@H](C4(C)C)[C@]3(C)O2)C1. The van der Waals surface area contributed by atoms with Crippen LogP contribution in [0.25, 0.3) is 37.8 Å². The van der Waals surface area contributed by atoms with Gasteiger partial charge in [-0.15, -0.1) is 0 Å². The van der Waals surface area contributed by atoms with Crippen molar-refractivity contribution in [2.45, 2.75) is 250 Å². The number of carbonyl (C=O) groups is 6. The molecule has 31 heteroatoms. The quantitative estimate of drug-likeness (QED) is 0.0136. The third kappa shape index (κ3) is 19.7. The average Bonchev–Trinajstić information content (AvgIpc) is 1.66. The lowest BCUT2D eigenvalue weighted by molar-refractivity contribution is -0.199. The number of fused-ring (bicyclic) bond motifs is 3. The molecule has 634 valence electrons. The van der Waals surface area contributed by atoms with Crippen LogP contribution in [0.1, 0.15) is 182 Å². The van der Waals surface area contributed by atoms with Crippen LogP contribution in [0.5, 0.6) is 0 Å². The molecule has 6 N–H and O–H groups in total. The summed E-state index contributed by atoms with van der Waals surface area (Å²) in [6, 6.07) is 26.7. The van der Waals surface area contributed by atoms with Crippen LogP contribution >= 0.6 is 0 Å². The number of alkyl carbamates (subject to hydrolysis) is 3. The number of nitrogens with zero attached hydrogens (tertiary/aromatic N) is 6. The number of furan rings is 3. The van der Waals surface area contributed by atoms with Gasteiger partial charge in [-0.2, -0.15) is 10.5 Å². The van der Waals surface area contributed by atoms with Crippen molar-refractivity contribution in [3.05, 3.63) is 131 Å². The second-order valence-corrected chi connectivity index (χ2v) is 37.0. The summed E-state index contributed by atoms with van der Waals surface area (Å²) in [7, 11) is -2.96. The summed E-state index contributed by atoms with van der Waals surface area (Å²) < 4.78 is 60.8. The normalized spacial score (nSPS) is 27.2. The van der Waals surface area contributed by atoms with E-state index in [1.165, 1.54) is 25.2 Å². The molecule has 8 heterocycles. The Morgan fingerprint density at radius 2 is 1.07 bits per heavy atom. The van der Waals surface area contributed by atoms with E-state index in [1.54, 1.807) is 28.4 Å². The number of para-hydroxylation sites is 3. The predicted molar refractivity (Wildman–Crippen MR) is 444 cm³/mol. The summed E-state index contributed by atoms with van der Waals surface area (Å²) in [5.74, 6) is -1.38. The molecule has 0 radical (unpaired) electrons. The Bertz CT molecular complexity index is 4800. The van der Waals surface area contributed by atoms with Crippen molar-refractivity contribution in [1.29, 1.82) is 10.5 Å². The molecule has 18 rings (SSSR count). The molecule has 0 unspecified atom stereocenters. The maximum absolute atomic E-state index is 13.3. The first kappa shape index (κ1) is 87.4. The molecule has 5 saturated heterocycles. The molecule has 28 nitrogen and oxygen atoms in total. The summed E-state index contributed by atoms with van der Waals surface area (Å²) in [6.45, 7) is 32.3. The molecule has 12 fully saturated rings. The molecule has 5 aliphatic heterocycles. The van der Waals surface area contributed by atoms with Crippen LogP contribution in [0, 0.1) is 69.2 Å². The zero-order valence-electron chi connectivity index (χ0n) is 70.1. The summed E-state index contributed by atoms with van der Waals surface area (Å²) in [6.07, 6.45) is 18.1. The Kier molecular flexibility index (Phi) is 26.8. The Morgan fingerprint density at radius 3 is 1.50 bits per heavy atom. The number of hydrogen-bond acceptors (Lipinski definition) is 21. The standard InChI is InChI=1S/C29H39BN4O6.C29H36BN3O6.C27H36BNO5.C3H3NO2/c1-28(2)11-13-34(19-28)29(3,4)15-21(16-31)26(35)33-12-7-8-22(17-33)40-27(36)32-25(30(37)38)14-20-18-39-24-10-6-5-9-23(20)24;1-28(2)19-13-23(28)29(3)24(14-19)38-30(39-29)25(12-18-17-36-22-10-6-5-9-21(18)22)32-27(35)37-20-8-7-11-33(16-20)26(34)15-31-4;1-26(2)18-14-22(26)27(3)23(15-18)33-28(34-27)24(29-25(30)32-19-9-5-4-6-10-19)13-17-16-31-21-12-8-7-11-20(17)21;4-2-1-3(5)6/h5-6,9-10,15,18,22,25,37-38H,7-8,11-14,17,19H2,1-4H3,(H,32,36);5-6,9-10,17,19-20,23-25H,7-8,11-16H2,1-3H3,(H,32,35);7-8,11-12,16,18-19,22-24H,4-6,9-10,13-15H2,1-3H3,(H,29,30);1H2,(H,5,6)/t22-,25-;19-,20-,23-,24+,25-,29-;18-,22-,23+,24-,27-;/m000./s1. The highest BCUT2D eigenvalue weighted by atomic mass is 16.7. The van der Waals surface area contributed by atoms with Gasteiger partial charge >= 0.3 is 51.5 Å². The third-order valence-electron chi connectivity index (χ3n) is 27.4. The number of nitrogens with one attached hydrogen (secondary N) is 3. The molecule has 3 aromatic heterocycles. The predicted octanol–water partition coefficient (Wildman–Crippen LogP) is 12.9. The fraction of sp³-hybridized carbons (Fsp3) is 0.602. The third-order valence-corrected chi connectivity index (χ3v) is 27.4. The topological polar surface area (TPSA) is 365 Å². The number of ether oxygens (including phenoxy) is 3. The van der Waals surface area contributed by atoms with Gasteiger partial charge in [-0.1, -0.05) is 103 Å². The first-order valence-corrected chi connectivity index (χ1v) is 42.4. The van der Waals surface area contributed by atoms with Crippen LogP contribution in [-0.2, 0) is 66.5 Å². The number of carbonyl (C=O) groups excluding carboxylic acids is 5. The highest BCUT2D eigenvalue weighted by molar-refractivity contribution is 6.48. The number of likely N-dealkylation sites (tertiary alicyclic amines) is 3. The monoisotopic (exact) mass is 1630 g/mol. The van der Waals surface area contributed by atoms with Crippen LogP contribution in [0.2, 0.25) is 0 Å². The molecule has 6 aromatic rings. The van der Waals surface area contributed by atoms with E-state index in [-0.39, 0.29) is 89.1 Å². The van der Waals surface area contributed by atoms with Gasteiger partial charge in [0.05, 0.1) is 79.2 Å². The first-order chi connectivity index (χ1) is 56.7. The lowest BCUT2D eigenvalue weighted by atomic mass is 9.43. The van der Waals surface area contributed by atoms with Crippen molar-refractivity contribution in [1.82, 2.24) is 30.7 Å². The summed E-state index contributed by atoms with van der Waals surface area (Å²) in [5, 5.41) is 56.5. The molecular weight excluding hydrogens is 1520 g/mol. The van der Waals surface area contributed by atoms with E-state index < -0.39 is 81.2 Å². The van der Waals surface area contributed by atoms with E-state index in [0.29, 0.717) is 81.0 Å². The Hall–Kier alpha value is -9.38. The highest BCUT2D eigenvalue weighted by Gasteiger charge is 2.70. The number of aliphatic carboxylic acids is 1. The van der Waals surface area contributed by atoms with Crippen LogP contribution in [0.15, 0.2) is 116 Å². The fourth-order valence-corrected chi connectivity index (χ4v) is 20.4. The number of rotatable bonds is 20. The number of hydrogen-bond donors (Lipinski definition) is 6. The van der Waals surface area contributed by atoms with Gasteiger partial charge < -0.3 is 91.8 Å². The molecule has 13 atom stereocenters. The van der Waals surface area contributed by atoms with E-state index in [9.17, 15) is 44.1 Å². The van der Waals surface area contributed by atoms with E-state index in [2.05, 4.69) is 93.2 Å². The van der Waals surface area contributed by atoms with Gasteiger partial charge in [0.1, 0.15) is 53.1 Å². The molecule has 12 aliphatic rings. The number of carboxylic acid groups (broad SMARTS) is 1. The van der Waals surface area contributed by atoms with Crippen molar-refractivity contribution in [3.8, 4) is 12.1 Å².